The summed E-state index contributed by atoms with van der Waals surface area (Å²) in [6, 6.07) is 27.2. The topological polar surface area (TPSA) is 404 Å². The van der Waals surface area contributed by atoms with E-state index < -0.39 is 65.5 Å². The van der Waals surface area contributed by atoms with Gasteiger partial charge in [0.15, 0.2) is 17.7 Å². The molecule has 5 aromatic carbocycles. The first-order valence-electron chi connectivity index (χ1n) is 35.4. The van der Waals surface area contributed by atoms with Gasteiger partial charge in [-0.2, -0.15) is 26.3 Å². The fourth-order valence-electron chi connectivity index (χ4n) is 9.85. The maximum Gasteiger partial charge on any atom is 0.357 e. The number of carbonyl (C=O) groups is 11. The predicted molar refractivity (Wildman–Crippen MR) is 437 cm³/mol. The van der Waals surface area contributed by atoms with Gasteiger partial charge in [-0.3, -0.25) is 54.0 Å². The Morgan fingerprint density at radius 3 is 1.94 bits per heavy atom. The molecule has 0 aromatic heterocycles. The fraction of sp³-hybridized carbons (Fsp3) is 0.382. The number of rotatable bonds is 23. The van der Waals surface area contributed by atoms with Gasteiger partial charge in [-0.15, -0.1) is 0 Å². The van der Waals surface area contributed by atoms with Crippen LogP contribution in [0.3, 0.4) is 0 Å². The third kappa shape index (κ3) is 28.7. The average molecular weight is 1700 g/mol. The number of anilines is 3. The number of hydrazone groups is 2. The molecule has 0 fully saturated rings. The zero-order valence-corrected chi connectivity index (χ0v) is 70.0. The lowest BCUT2D eigenvalue weighted by Crippen LogP contribution is -2.39. The number of Topliss-reactive ketones (excluding diaryl/α,β-unsaturated/α-hetero) is 1. The van der Waals surface area contributed by atoms with Crippen molar-refractivity contribution in [3.05, 3.63) is 174 Å². The number of para-hydroxylation sites is 1. The smallest absolute Gasteiger partial charge is 0.357 e. The first kappa shape index (κ1) is 94.4. The molecular weight excluding hydrogens is 1600 g/mol. The minimum absolute atomic E-state index is 0.116. The molecule has 0 radical (unpaired) electrons. The second-order valence-electron chi connectivity index (χ2n) is 25.4. The highest BCUT2D eigenvalue weighted by Crippen LogP contribution is 2.39. The first-order chi connectivity index (χ1) is 54.2. The van der Waals surface area contributed by atoms with E-state index in [1.807, 2.05) is 90.9 Å². The number of amidine groups is 1. The highest BCUT2D eigenvalue weighted by molar-refractivity contribution is 8.15. The van der Waals surface area contributed by atoms with E-state index in [-0.39, 0.29) is 84.2 Å². The molecule has 10 rings (SSSR count). The highest BCUT2D eigenvalue weighted by Gasteiger charge is 2.38. The number of thioether (sulfide) groups is 2. The van der Waals surface area contributed by atoms with Crippen molar-refractivity contribution >= 4 is 163 Å². The molecule has 32 nitrogen and oxygen atoms in total. The van der Waals surface area contributed by atoms with Crippen molar-refractivity contribution in [1.29, 1.82) is 0 Å². The third-order valence-corrected chi connectivity index (χ3v) is 19.7. The molecule has 5 aromatic rings. The summed E-state index contributed by atoms with van der Waals surface area (Å²) in [4.78, 5) is 133. The Kier molecular flexibility index (Phi) is 39.3. The normalized spacial score (nSPS) is 15.3. The van der Waals surface area contributed by atoms with Crippen molar-refractivity contribution in [3.63, 3.8) is 0 Å². The van der Waals surface area contributed by atoms with Crippen LogP contribution in [0.4, 0.5) is 17.1 Å². The van der Waals surface area contributed by atoms with Gasteiger partial charge in [-0.25, -0.2) is 20.5 Å². The Labute approximate surface area is 689 Å². The van der Waals surface area contributed by atoms with Gasteiger partial charge in [0, 0.05) is 40.8 Å². The number of hydrazine groups is 5. The molecule has 0 saturated heterocycles. The van der Waals surface area contributed by atoms with Crippen molar-refractivity contribution in [2.24, 2.45) is 33.9 Å². The van der Waals surface area contributed by atoms with E-state index in [4.69, 9.17) is 60.6 Å². The summed E-state index contributed by atoms with van der Waals surface area (Å²) in [5.41, 5.74) is 27.0. The maximum atomic E-state index is 13.1. The Morgan fingerprint density at radius 2 is 1.35 bits per heavy atom. The zero-order chi connectivity index (χ0) is 84.5. The Hall–Kier alpha value is -10.2. The largest absolute Gasteiger partial charge is 0.482 e. The standard InChI is InChI=1S/C28H24Cl3N3O4.C23H25ClN2O4.C10H19N3O2S.C6H10O4.C5H9N3O2S.C4H7N3O2/c1-14-8-9-23(15(2)10-14)38-17(4)25(35)18-6-5-7-19(11-18)27(36)32-26-16(3)28(37)34(33-26)24-21(30)12-20(29)13-22(24)31;1-14(2)13-30-23(29)17-8-9-18(24)19(12-17)25-21(27)15(3)22(28)26-11-10-16-6-4-5-7-20(16)26;1-4-6-15-10(14)8(5-2)16-9-7(3)11-13-12-9;1-4(5(7)9-2)6(8)10-3;1-10-5(9)3-11-4-2-6-8-7-4;1-9-4(8)3-2-5-7-6-3/h5-13,16-17H,1-4H3,(H,32,33,36);4-9,12,14-15H,10-11,13H2,1-3H3,(H,25,27);7-8,11,13H,4-6H2,1-3H3;4H,1-3H3;2,6-8H,3H2,1H3;2,5-7H,1H3. The molecule has 0 aliphatic carbocycles. The number of benzene rings is 5. The molecule has 0 bridgehead atoms. The van der Waals surface area contributed by atoms with Crippen LogP contribution in [0.25, 0.3) is 0 Å². The lowest BCUT2D eigenvalue weighted by molar-refractivity contribution is -0.158. The van der Waals surface area contributed by atoms with Crippen molar-refractivity contribution in [2.45, 2.75) is 113 Å². The summed E-state index contributed by atoms with van der Waals surface area (Å²) < 4.78 is 33.7. The number of halogens is 4. The predicted octanol–water partition coefficient (Wildman–Crippen LogP) is 10.1. The maximum absolute atomic E-state index is 13.1. The van der Waals surface area contributed by atoms with E-state index in [1.54, 1.807) is 50.1 Å². The van der Waals surface area contributed by atoms with Crippen molar-refractivity contribution in [2.75, 3.05) is 69.2 Å². The van der Waals surface area contributed by atoms with Gasteiger partial charge in [-0.1, -0.05) is 146 Å². The van der Waals surface area contributed by atoms with E-state index in [0.29, 0.717) is 47.5 Å². The molecule has 5 unspecified atom stereocenters. The summed E-state index contributed by atoms with van der Waals surface area (Å²) in [6.07, 6.45) is 4.81. The first-order valence-corrected chi connectivity index (χ1v) is 38.8. The quantitative estimate of drug-likeness (QED) is 0.0126. The van der Waals surface area contributed by atoms with Gasteiger partial charge in [0.1, 0.15) is 38.5 Å². The van der Waals surface area contributed by atoms with E-state index in [1.165, 1.54) is 101 Å². The molecule has 5 aliphatic heterocycles. The molecular formula is C76H94Cl4N14O18S2. The fourth-order valence-corrected chi connectivity index (χ4v) is 12.6. The molecule has 616 valence electrons. The van der Waals surface area contributed by atoms with Crippen LogP contribution in [0.1, 0.15) is 123 Å². The van der Waals surface area contributed by atoms with E-state index in [0.717, 1.165) is 56.7 Å². The van der Waals surface area contributed by atoms with E-state index >= 15 is 0 Å². The number of ketones is 1. The number of fused-ring (bicyclic) bond motifs is 1. The number of hydrogen-bond acceptors (Lipinski definition) is 30. The van der Waals surface area contributed by atoms with Crippen LogP contribution in [-0.2, 0) is 73.2 Å². The molecule has 114 heavy (non-hydrogen) atoms. The van der Waals surface area contributed by atoms with Crippen LogP contribution in [0.2, 0.25) is 20.1 Å². The van der Waals surface area contributed by atoms with Crippen molar-refractivity contribution < 1.29 is 85.9 Å². The molecule has 38 heteroatoms. The number of methoxy groups -OCH3 is 4. The summed E-state index contributed by atoms with van der Waals surface area (Å²) in [7, 11) is 5.14. The Morgan fingerprint density at radius 1 is 0.684 bits per heavy atom. The van der Waals surface area contributed by atoms with Gasteiger partial charge in [-0.05, 0) is 139 Å². The zero-order valence-electron chi connectivity index (χ0n) is 65.3. The summed E-state index contributed by atoms with van der Waals surface area (Å²) in [6.45, 7) is 21.3. The third-order valence-electron chi connectivity index (χ3n) is 16.2. The molecule has 5 heterocycles. The number of esters is 6. The summed E-state index contributed by atoms with van der Waals surface area (Å²) in [5, 5.41) is 17.2. The second kappa shape index (κ2) is 47.5. The van der Waals surface area contributed by atoms with Crippen molar-refractivity contribution in [1.82, 2.24) is 49.1 Å². The highest BCUT2D eigenvalue weighted by atomic mass is 35.5. The van der Waals surface area contributed by atoms with E-state index in [9.17, 15) is 52.7 Å². The summed E-state index contributed by atoms with van der Waals surface area (Å²) >= 11 is 27.5. The van der Waals surface area contributed by atoms with Gasteiger partial charge in [0.05, 0.1) is 85.7 Å². The number of amides is 4. The van der Waals surface area contributed by atoms with E-state index in [2.05, 4.69) is 83.5 Å². The number of nitrogens with zero attached hydrogens (tertiary/aromatic N) is 4. The Bertz CT molecular complexity index is 4360. The molecule has 0 spiro atoms. The van der Waals surface area contributed by atoms with Gasteiger partial charge in [0.25, 0.3) is 11.8 Å². The van der Waals surface area contributed by atoms with Gasteiger partial charge >= 0.3 is 35.8 Å². The van der Waals surface area contributed by atoms with Crippen LogP contribution in [0.5, 0.6) is 5.75 Å². The number of aryl methyl sites for hydroxylation is 2. The molecule has 4 amide bonds. The molecule has 10 N–H and O–H groups in total. The molecule has 5 aliphatic rings. The molecule has 5 atom stereocenters. The van der Waals surface area contributed by atoms with Crippen LogP contribution in [0, 0.1) is 37.5 Å². The van der Waals surface area contributed by atoms with Crippen LogP contribution >= 0.6 is 69.9 Å². The monoisotopic (exact) mass is 1690 g/mol. The van der Waals surface area contributed by atoms with Gasteiger partial charge < -0.3 is 59.5 Å². The van der Waals surface area contributed by atoms with Crippen LogP contribution < -0.4 is 69.0 Å². The van der Waals surface area contributed by atoms with Crippen LogP contribution in [-0.4, -0.2) is 147 Å². The minimum atomic E-state index is -0.913. The van der Waals surface area contributed by atoms with Crippen molar-refractivity contribution in [3.8, 4) is 5.75 Å². The van der Waals surface area contributed by atoms with Gasteiger partial charge in [0.2, 0.25) is 17.6 Å². The lowest BCUT2D eigenvalue weighted by atomic mass is 10.0. The minimum Gasteiger partial charge on any atom is -0.482 e. The number of carbonyl (C=O) groups excluding carboxylic acids is 11. The number of nitrogens with one attached hydrogen (secondary N) is 10. The number of hydrogen-bond donors (Lipinski definition) is 10. The Balaban J connectivity index is 0.000000268. The lowest BCUT2D eigenvalue weighted by Gasteiger charge is -2.21. The second-order valence-corrected chi connectivity index (χ2v) is 29.3. The SMILES string of the molecule is CC(C)COC(=O)c1ccc(Cl)c(NC(=O)C(C)C(=O)N2CCc3ccccc32)c1.CCCOC(=O)C(CC)SC1=NNNC1C.COC(=O)C(C)C(=O)OC.COC(=O)C1=CNNN1.COC(=O)CSC1=CNNN1.Cc1ccc(OC(C)C(=O)c2cccc(C(=O)NC3=NN(c4c(Cl)cc(Cl)cc4Cl)C(=O)C3C)c2)c(C)c1. The molecule has 0 saturated carbocycles. The summed E-state index contributed by atoms with van der Waals surface area (Å²) in [5.74, 6) is -5.65. The average Bonchev–Trinajstić information content (AvgIpc) is 1.61. The number of ether oxygens (including phenoxy) is 7. The van der Waals surface area contributed by atoms with Crippen LogP contribution in [0.15, 0.2) is 130 Å².